The first kappa shape index (κ1) is 12.5. The van der Waals surface area contributed by atoms with Crippen LogP contribution in [0.4, 0.5) is 5.82 Å². The molecule has 5 nitrogen and oxygen atoms in total. The van der Waals surface area contributed by atoms with E-state index in [9.17, 15) is 0 Å². The molecular weight excluding hydrogens is 242 g/mol. The maximum Gasteiger partial charge on any atom is 0.163 e. The lowest BCUT2D eigenvalue weighted by atomic mass is 10.3. The summed E-state index contributed by atoms with van der Waals surface area (Å²) in [5.41, 5.74) is 0.840. The summed E-state index contributed by atoms with van der Waals surface area (Å²) in [7, 11) is 0. The minimum Gasteiger partial charge on any atom is -0.367 e. The molecular formula is C11H16ClN3O2. The van der Waals surface area contributed by atoms with Crippen molar-refractivity contribution in [2.24, 2.45) is 0 Å². The highest BCUT2D eigenvalue weighted by atomic mass is 35.5. The Kier molecular flexibility index (Phi) is 3.51. The predicted molar refractivity (Wildman–Crippen MR) is 65.2 cm³/mol. The Hall–Kier alpha value is -0.910. The number of rotatable bonds is 3. The zero-order valence-electron chi connectivity index (χ0n) is 10.2. The Balaban J connectivity index is 1.93. The zero-order chi connectivity index (χ0) is 12.5. The summed E-state index contributed by atoms with van der Waals surface area (Å²) in [6.45, 7) is 6.90. The van der Waals surface area contributed by atoms with Crippen molar-refractivity contribution in [3.63, 3.8) is 0 Å². The highest BCUT2D eigenvalue weighted by molar-refractivity contribution is 6.30. The highest BCUT2D eigenvalue weighted by Crippen LogP contribution is 2.23. The third-order valence-electron chi connectivity index (χ3n) is 2.59. The number of ether oxygens (including phenoxy) is 2. The average molecular weight is 258 g/mol. The van der Waals surface area contributed by atoms with E-state index in [1.165, 1.54) is 6.33 Å². The van der Waals surface area contributed by atoms with Crippen LogP contribution >= 0.6 is 11.6 Å². The highest BCUT2D eigenvalue weighted by Gasteiger charge is 2.32. The topological polar surface area (TPSA) is 56.3 Å². The minimum absolute atomic E-state index is 0.0261. The number of hydrogen-bond donors (Lipinski definition) is 1. The van der Waals surface area contributed by atoms with E-state index in [2.05, 4.69) is 15.3 Å². The molecule has 1 unspecified atom stereocenters. The number of anilines is 1. The molecule has 17 heavy (non-hydrogen) atoms. The standard InChI is InChI=1S/C11H16ClN3O2/c1-7-9(12)14-6-15-10(7)13-4-8-5-16-11(2,3)17-8/h6,8H,4-5H2,1-3H3,(H,13,14,15). The van der Waals surface area contributed by atoms with Crippen LogP contribution in [0.1, 0.15) is 19.4 Å². The first-order chi connectivity index (χ1) is 7.98. The molecule has 0 amide bonds. The SMILES string of the molecule is Cc1c(Cl)ncnc1NCC1COC(C)(C)O1. The monoisotopic (exact) mass is 257 g/mol. The van der Waals surface area contributed by atoms with Crippen LogP contribution in [-0.2, 0) is 9.47 Å². The molecule has 6 heteroatoms. The third-order valence-corrected chi connectivity index (χ3v) is 2.97. The van der Waals surface area contributed by atoms with Crippen molar-refractivity contribution in [3.05, 3.63) is 17.0 Å². The number of aromatic nitrogens is 2. The lowest BCUT2D eigenvalue weighted by molar-refractivity contribution is -0.136. The second-order valence-corrected chi connectivity index (χ2v) is 4.83. The molecule has 0 aromatic carbocycles. The molecule has 2 heterocycles. The van der Waals surface area contributed by atoms with E-state index >= 15 is 0 Å². The molecule has 0 spiro atoms. The first-order valence-electron chi connectivity index (χ1n) is 5.51. The normalized spacial score (nSPS) is 22.7. The van der Waals surface area contributed by atoms with Gasteiger partial charge >= 0.3 is 0 Å². The summed E-state index contributed by atoms with van der Waals surface area (Å²) in [6.07, 6.45) is 1.46. The molecule has 1 aromatic heterocycles. The quantitative estimate of drug-likeness (QED) is 0.840. The van der Waals surface area contributed by atoms with Gasteiger partial charge in [0, 0.05) is 12.1 Å². The number of nitrogens with one attached hydrogen (secondary N) is 1. The number of nitrogens with zero attached hydrogens (tertiary/aromatic N) is 2. The van der Waals surface area contributed by atoms with Gasteiger partial charge in [-0.05, 0) is 20.8 Å². The lowest BCUT2D eigenvalue weighted by Gasteiger charge is -2.17. The van der Waals surface area contributed by atoms with E-state index in [1.807, 2.05) is 20.8 Å². The van der Waals surface area contributed by atoms with Crippen LogP contribution in [0.25, 0.3) is 0 Å². The van der Waals surface area contributed by atoms with Crippen molar-refractivity contribution in [2.75, 3.05) is 18.5 Å². The maximum atomic E-state index is 5.91. The molecule has 1 N–H and O–H groups in total. The number of hydrogen-bond acceptors (Lipinski definition) is 5. The molecule has 0 saturated carbocycles. The number of halogens is 1. The van der Waals surface area contributed by atoms with Gasteiger partial charge < -0.3 is 14.8 Å². The Labute approximate surface area is 105 Å². The van der Waals surface area contributed by atoms with E-state index in [1.54, 1.807) is 0 Å². The fourth-order valence-corrected chi connectivity index (χ4v) is 1.81. The van der Waals surface area contributed by atoms with Crippen molar-refractivity contribution in [3.8, 4) is 0 Å². The Morgan fingerprint density at radius 2 is 2.29 bits per heavy atom. The average Bonchev–Trinajstić information content (AvgIpc) is 2.61. The van der Waals surface area contributed by atoms with E-state index in [-0.39, 0.29) is 6.10 Å². The second-order valence-electron chi connectivity index (χ2n) is 4.47. The molecule has 1 atom stereocenters. The van der Waals surface area contributed by atoms with E-state index < -0.39 is 5.79 Å². The fraction of sp³-hybridized carbons (Fsp3) is 0.636. The largest absolute Gasteiger partial charge is 0.367 e. The molecule has 0 bridgehead atoms. The van der Waals surface area contributed by atoms with E-state index in [0.29, 0.717) is 18.3 Å². The van der Waals surface area contributed by atoms with Crippen LogP contribution < -0.4 is 5.32 Å². The van der Waals surface area contributed by atoms with Crippen LogP contribution in [0.2, 0.25) is 5.15 Å². The predicted octanol–water partition coefficient (Wildman–Crippen LogP) is 2.00. The van der Waals surface area contributed by atoms with Crippen molar-refractivity contribution < 1.29 is 9.47 Å². The zero-order valence-corrected chi connectivity index (χ0v) is 10.9. The molecule has 1 fully saturated rings. The van der Waals surface area contributed by atoms with Gasteiger partial charge in [0.1, 0.15) is 23.4 Å². The minimum atomic E-state index is -0.495. The van der Waals surface area contributed by atoms with Crippen molar-refractivity contribution in [2.45, 2.75) is 32.7 Å². The molecule has 0 radical (unpaired) electrons. The Morgan fingerprint density at radius 3 is 2.94 bits per heavy atom. The molecule has 1 aliphatic heterocycles. The summed E-state index contributed by atoms with van der Waals surface area (Å²) in [4.78, 5) is 8.03. The molecule has 1 aliphatic rings. The Bertz CT molecular complexity index is 412. The molecule has 94 valence electrons. The molecule has 1 aromatic rings. The van der Waals surface area contributed by atoms with Crippen molar-refractivity contribution in [1.82, 2.24) is 9.97 Å². The molecule has 0 aliphatic carbocycles. The van der Waals surface area contributed by atoms with Gasteiger partial charge in [0.05, 0.1) is 6.61 Å². The lowest BCUT2D eigenvalue weighted by Crippen LogP contribution is -2.26. The van der Waals surface area contributed by atoms with Crippen LogP contribution in [-0.4, -0.2) is 35.0 Å². The first-order valence-corrected chi connectivity index (χ1v) is 5.88. The molecule has 2 rings (SSSR count). The van der Waals surface area contributed by atoms with Gasteiger partial charge in [-0.2, -0.15) is 0 Å². The maximum absolute atomic E-state index is 5.91. The van der Waals surface area contributed by atoms with Crippen LogP contribution in [0, 0.1) is 6.92 Å². The summed E-state index contributed by atoms with van der Waals surface area (Å²) in [6, 6.07) is 0. The van der Waals surface area contributed by atoms with Gasteiger partial charge in [-0.15, -0.1) is 0 Å². The van der Waals surface area contributed by atoms with Crippen LogP contribution in [0.15, 0.2) is 6.33 Å². The van der Waals surface area contributed by atoms with Crippen molar-refractivity contribution in [1.29, 1.82) is 0 Å². The van der Waals surface area contributed by atoms with Gasteiger partial charge in [-0.25, -0.2) is 9.97 Å². The smallest absolute Gasteiger partial charge is 0.163 e. The second kappa shape index (κ2) is 4.76. The van der Waals surface area contributed by atoms with Gasteiger partial charge in [0.25, 0.3) is 0 Å². The van der Waals surface area contributed by atoms with Gasteiger partial charge in [-0.3, -0.25) is 0 Å². The van der Waals surface area contributed by atoms with Gasteiger partial charge in [0.15, 0.2) is 5.79 Å². The summed E-state index contributed by atoms with van der Waals surface area (Å²) < 4.78 is 11.2. The van der Waals surface area contributed by atoms with Crippen LogP contribution in [0.5, 0.6) is 0 Å². The summed E-state index contributed by atoms with van der Waals surface area (Å²) in [5, 5.41) is 3.66. The summed E-state index contributed by atoms with van der Waals surface area (Å²) in [5.74, 6) is 0.239. The van der Waals surface area contributed by atoms with E-state index in [4.69, 9.17) is 21.1 Å². The van der Waals surface area contributed by atoms with E-state index in [0.717, 1.165) is 11.4 Å². The van der Waals surface area contributed by atoms with Gasteiger partial charge in [0.2, 0.25) is 0 Å². The Morgan fingerprint density at radius 1 is 1.53 bits per heavy atom. The van der Waals surface area contributed by atoms with Crippen molar-refractivity contribution >= 4 is 17.4 Å². The van der Waals surface area contributed by atoms with Crippen LogP contribution in [0.3, 0.4) is 0 Å². The molecule has 1 saturated heterocycles. The summed E-state index contributed by atoms with van der Waals surface area (Å²) >= 11 is 5.91. The van der Waals surface area contributed by atoms with Gasteiger partial charge in [-0.1, -0.05) is 11.6 Å². The fourth-order valence-electron chi connectivity index (χ4n) is 1.68. The third kappa shape index (κ3) is 3.06.